The largest absolute Gasteiger partial charge is 0.481 e. The summed E-state index contributed by atoms with van der Waals surface area (Å²) in [4.78, 5) is 23.7. The van der Waals surface area contributed by atoms with Gasteiger partial charge in [0, 0.05) is 11.5 Å². The monoisotopic (exact) mass is 297 g/mol. The number of carbonyl (C=O) groups is 2. The van der Waals surface area contributed by atoms with E-state index in [-0.39, 0.29) is 23.3 Å². The standard InChI is InChI=1S/C13H19N3O3S/c1-13(2,3)10-9(20-16-15-10)11(17)14-8-5-4-7(6-8)12(18)19/h7-8H,4-6H2,1-3H3,(H,14,17)(H,18,19). The summed E-state index contributed by atoms with van der Waals surface area (Å²) < 4.78 is 3.86. The van der Waals surface area contributed by atoms with Gasteiger partial charge in [0.1, 0.15) is 4.88 Å². The third kappa shape index (κ3) is 3.15. The van der Waals surface area contributed by atoms with Crippen LogP contribution in [-0.2, 0) is 10.2 Å². The van der Waals surface area contributed by atoms with E-state index in [4.69, 9.17) is 5.11 Å². The molecule has 0 bridgehead atoms. The minimum atomic E-state index is -0.781. The number of nitrogens with one attached hydrogen (secondary N) is 1. The predicted octanol–water partition coefficient (Wildman–Crippen LogP) is 1.82. The molecule has 2 atom stereocenters. The van der Waals surface area contributed by atoms with Crippen LogP contribution in [0.5, 0.6) is 0 Å². The van der Waals surface area contributed by atoms with Gasteiger partial charge in [0.15, 0.2) is 0 Å². The molecule has 2 unspecified atom stereocenters. The Kier molecular flexibility index (Phi) is 4.08. The van der Waals surface area contributed by atoms with Gasteiger partial charge >= 0.3 is 5.97 Å². The maximum absolute atomic E-state index is 12.3. The Morgan fingerprint density at radius 2 is 2.05 bits per heavy atom. The Labute approximate surface area is 121 Å². The zero-order valence-electron chi connectivity index (χ0n) is 11.8. The highest BCUT2D eigenvalue weighted by molar-refractivity contribution is 7.08. The van der Waals surface area contributed by atoms with E-state index in [1.54, 1.807) is 0 Å². The van der Waals surface area contributed by atoms with Crippen molar-refractivity contribution < 1.29 is 14.7 Å². The van der Waals surface area contributed by atoms with Gasteiger partial charge in [0.25, 0.3) is 5.91 Å². The Morgan fingerprint density at radius 3 is 2.60 bits per heavy atom. The summed E-state index contributed by atoms with van der Waals surface area (Å²) in [5, 5.41) is 15.9. The van der Waals surface area contributed by atoms with Crippen molar-refractivity contribution in [3.05, 3.63) is 10.6 Å². The van der Waals surface area contributed by atoms with Gasteiger partial charge in [-0.05, 0) is 30.8 Å². The molecule has 0 aliphatic heterocycles. The SMILES string of the molecule is CC(C)(C)c1nnsc1C(=O)NC1CCC(C(=O)O)C1. The van der Waals surface area contributed by atoms with Crippen LogP contribution in [0.1, 0.15) is 55.4 Å². The van der Waals surface area contributed by atoms with Gasteiger partial charge in [0.2, 0.25) is 0 Å². The smallest absolute Gasteiger partial charge is 0.306 e. The van der Waals surface area contributed by atoms with E-state index in [1.165, 1.54) is 0 Å². The van der Waals surface area contributed by atoms with Gasteiger partial charge in [0.05, 0.1) is 11.6 Å². The quantitative estimate of drug-likeness (QED) is 0.887. The van der Waals surface area contributed by atoms with Crippen LogP contribution < -0.4 is 5.32 Å². The molecular formula is C13H19N3O3S. The van der Waals surface area contributed by atoms with E-state index in [0.717, 1.165) is 11.5 Å². The first-order chi connectivity index (χ1) is 9.29. The minimum Gasteiger partial charge on any atom is -0.481 e. The summed E-state index contributed by atoms with van der Waals surface area (Å²) in [5.41, 5.74) is 0.451. The maximum Gasteiger partial charge on any atom is 0.306 e. The van der Waals surface area contributed by atoms with Crippen LogP contribution in [0.2, 0.25) is 0 Å². The normalized spacial score (nSPS) is 22.8. The lowest BCUT2D eigenvalue weighted by molar-refractivity contribution is -0.141. The van der Waals surface area contributed by atoms with Crippen molar-refractivity contribution in [1.82, 2.24) is 14.9 Å². The Morgan fingerprint density at radius 1 is 1.35 bits per heavy atom. The number of carboxylic acids is 1. The second-order valence-electron chi connectivity index (χ2n) is 6.22. The number of hydrogen-bond donors (Lipinski definition) is 2. The fourth-order valence-electron chi connectivity index (χ4n) is 2.42. The van der Waals surface area contributed by atoms with Crippen molar-refractivity contribution in [1.29, 1.82) is 0 Å². The summed E-state index contributed by atoms with van der Waals surface area (Å²) in [6, 6.07) is -0.0708. The van der Waals surface area contributed by atoms with Crippen LogP contribution in [-0.4, -0.2) is 32.6 Å². The molecule has 1 amide bonds. The number of carboxylic acid groups (broad SMARTS) is 1. The molecule has 20 heavy (non-hydrogen) atoms. The number of aromatic nitrogens is 2. The lowest BCUT2D eigenvalue weighted by Gasteiger charge is -2.17. The highest BCUT2D eigenvalue weighted by Gasteiger charge is 2.32. The molecule has 0 radical (unpaired) electrons. The average Bonchev–Trinajstić information content (AvgIpc) is 2.95. The van der Waals surface area contributed by atoms with Crippen LogP contribution in [0.25, 0.3) is 0 Å². The average molecular weight is 297 g/mol. The van der Waals surface area contributed by atoms with Crippen molar-refractivity contribution in [2.75, 3.05) is 0 Å². The molecule has 6 nitrogen and oxygen atoms in total. The molecule has 1 saturated carbocycles. The van der Waals surface area contributed by atoms with Crippen LogP contribution in [0, 0.1) is 5.92 Å². The van der Waals surface area contributed by atoms with Gasteiger partial charge in [-0.3, -0.25) is 9.59 Å². The fourth-order valence-corrected chi connectivity index (χ4v) is 3.20. The van der Waals surface area contributed by atoms with E-state index in [1.807, 2.05) is 20.8 Å². The maximum atomic E-state index is 12.3. The second kappa shape index (κ2) is 5.47. The van der Waals surface area contributed by atoms with Crippen LogP contribution >= 0.6 is 11.5 Å². The third-order valence-corrected chi connectivity index (χ3v) is 4.25. The van der Waals surface area contributed by atoms with E-state index in [2.05, 4.69) is 14.9 Å². The first-order valence-corrected chi connectivity index (χ1v) is 7.43. The van der Waals surface area contributed by atoms with Crippen LogP contribution in [0.3, 0.4) is 0 Å². The Bertz CT molecular complexity index is 521. The molecule has 1 aromatic rings. The molecular weight excluding hydrogens is 278 g/mol. The predicted molar refractivity (Wildman–Crippen MR) is 74.8 cm³/mol. The van der Waals surface area contributed by atoms with Gasteiger partial charge in [-0.2, -0.15) is 0 Å². The molecule has 0 spiro atoms. The number of amides is 1. The molecule has 1 aliphatic rings. The van der Waals surface area contributed by atoms with Crippen molar-refractivity contribution in [2.24, 2.45) is 5.92 Å². The molecule has 0 saturated heterocycles. The number of nitrogens with zero attached hydrogens (tertiary/aromatic N) is 2. The highest BCUT2D eigenvalue weighted by atomic mass is 32.1. The van der Waals surface area contributed by atoms with Crippen molar-refractivity contribution in [3.8, 4) is 0 Å². The lowest BCUT2D eigenvalue weighted by Crippen LogP contribution is -2.34. The van der Waals surface area contributed by atoms with Gasteiger partial charge in [-0.1, -0.05) is 25.3 Å². The lowest BCUT2D eigenvalue weighted by atomic mass is 9.91. The molecule has 110 valence electrons. The Balaban J connectivity index is 2.03. The minimum absolute atomic E-state index is 0.0708. The summed E-state index contributed by atoms with van der Waals surface area (Å²) in [7, 11) is 0. The molecule has 1 aliphatic carbocycles. The molecule has 7 heteroatoms. The van der Waals surface area contributed by atoms with E-state index in [0.29, 0.717) is 29.8 Å². The number of rotatable bonds is 3. The topological polar surface area (TPSA) is 92.2 Å². The first kappa shape index (κ1) is 14.9. The van der Waals surface area contributed by atoms with Gasteiger partial charge < -0.3 is 10.4 Å². The Hall–Kier alpha value is -1.50. The van der Waals surface area contributed by atoms with E-state index >= 15 is 0 Å². The van der Waals surface area contributed by atoms with Crippen molar-refractivity contribution >= 4 is 23.4 Å². The zero-order chi connectivity index (χ0) is 14.9. The summed E-state index contributed by atoms with van der Waals surface area (Å²) in [5.74, 6) is -1.32. The first-order valence-electron chi connectivity index (χ1n) is 6.65. The zero-order valence-corrected chi connectivity index (χ0v) is 12.7. The van der Waals surface area contributed by atoms with E-state index in [9.17, 15) is 9.59 Å². The summed E-state index contributed by atoms with van der Waals surface area (Å²) in [6.45, 7) is 5.95. The van der Waals surface area contributed by atoms with Crippen LogP contribution in [0.15, 0.2) is 0 Å². The number of carbonyl (C=O) groups excluding carboxylic acids is 1. The summed E-state index contributed by atoms with van der Waals surface area (Å²) in [6.07, 6.45) is 1.82. The van der Waals surface area contributed by atoms with Gasteiger partial charge in [-0.25, -0.2) is 0 Å². The molecule has 0 aromatic carbocycles. The van der Waals surface area contributed by atoms with Crippen LogP contribution in [0.4, 0.5) is 0 Å². The third-order valence-electron chi connectivity index (χ3n) is 3.52. The fraction of sp³-hybridized carbons (Fsp3) is 0.692. The number of aliphatic carboxylic acids is 1. The highest BCUT2D eigenvalue weighted by Crippen LogP contribution is 2.28. The van der Waals surface area contributed by atoms with Gasteiger partial charge in [-0.15, -0.1) is 5.10 Å². The van der Waals surface area contributed by atoms with Crippen molar-refractivity contribution in [2.45, 2.75) is 51.5 Å². The molecule has 1 fully saturated rings. The molecule has 1 aromatic heterocycles. The second-order valence-corrected chi connectivity index (χ2v) is 6.97. The molecule has 1 heterocycles. The number of hydrogen-bond acceptors (Lipinski definition) is 5. The van der Waals surface area contributed by atoms with E-state index < -0.39 is 5.97 Å². The van der Waals surface area contributed by atoms with Crippen molar-refractivity contribution in [3.63, 3.8) is 0 Å². The molecule has 2 rings (SSSR count). The summed E-state index contributed by atoms with van der Waals surface area (Å²) >= 11 is 1.09. The molecule has 2 N–H and O–H groups in total.